The van der Waals surface area contributed by atoms with Crippen LogP contribution in [-0.4, -0.2) is 42.2 Å². The van der Waals surface area contributed by atoms with Gasteiger partial charge in [0.1, 0.15) is 9.71 Å². The standard InChI is InChI=1S/C12H14N4O2S/c13-9-8-2-1-3-14-12(8)19-10(9)11(17)15-16-4-6-18-7-5-16/h1-3H,4-7,13H2,(H,15,17). The van der Waals surface area contributed by atoms with Crippen molar-refractivity contribution in [2.75, 3.05) is 32.0 Å². The molecule has 0 unspecified atom stereocenters. The summed E-state index contributed by atoms with van der Waals surface area (Å²) >= 11 is 1.31. The molecule has 3 heterocycles. The van der Waals surface area contributed by atoms with Gasteiger partial charge in [0.05, 0.1) is 18.9 Å². The van der Waals surface area contributed by atoms with E-state index >= 15 is 0 Å². The van der Waals surface area contributed by atoms with Crippen LogP contribution in [-0.2, 0) is 4.74 Å². The lowest BCUT2D eigenvalue weighted by Crippen LogP contribution is -2.48. The van der Waals surface area contributed by atoms with Gasteiger partial charge in [0, 0.05) is 24.7 Å². The molecule has 0 atom stereocenters. The zero-order valence-corrected chi connectivity index (χ0v) is 11.1. The fourth-order valence-electron chi connectivity index (χ4n) is 1.99. The molecule has 0 bridgehead atoms. The molecule has 100 valence electrons. The lowest BCUT2D eigenvalue weighted by Gasteiger charge is -2.26. The average molecular weight is 278 g/mol. The molecule has 1 saturated heterocycles. The Hall–Kier alpha value is -1.70. The third-order valence-corrected chi connectivity index (χ3v) is 4.11. The average Bonchev–Trinajstić information content (AvgIpc) is 2.78. The summed E-state index contributed by atoms with van der Waals surface area (Å²) in [5.41, 5.74) is 9.36. The van der Waals surface area contributed by atoms with Crippen molar-refractivity contribution in [1.29, 1.82) is 0 Å². The molecule has 1 amide bonds. The highest BCUT2D eigenvalue weighted by molar-refractivity contribution is 7.21. The number of nitrogens with zero attached hydrogens (tertiary/aromatic N) is 2. The molecule has 6 nitrogen and oxygen atoms in total. The Morgan fingerprint density at radius 2 is 2.26 bits per heavy atom. The number of anilines is 1. The summed E-state index contributed by atoms with van der Waals surface area (Å²) < 4.78 is 5.23. The number of ether oxygens (including phenoxy) is 1. The molecule has 2 aromatic rings. The Labute approximate surface area is 114 Å². The molecule has 0 spiro atoms. The molecule has 7 heteroatoms. The second kappa shape index (κ2) is 5.12. The number of thiophene rings is 1. The lowest BCUT2D eigenvalue weighted by molar-refractivity contribution is 0.0128. The Kier molecular flexibility index (Phi) is 3.33. The molecule has 19 heavy (non-hydrogen) atoms. The molecule has 0 aliphatic carbocycles. The van der Waals surface area contributed by atoms with Gasteiger partial charge in [-0.2, -0.15) is 0 Å². The van der Waals surface area contributed by atoms with Crippen molar-refractivity contribution in [2.45, 2.75) is 0 Å². The highest BCUT2D eigenvalue weighted by Crippen LogP contribution is 2.31. The smallest absolute Gasteiger partial charge is 0.277 e. The van der Waals surface area contributed by atoms with Crippen LogP contribution in [0.1, 0.15) is 9.67 Å². The normalized spacial score (nSPS) is 16.6. The van der Waals surface area contributed by atoms with Crippen LogP contribution in [0.5, 0.6) is 0 Å². The summed E-state index contributed by atoms with van der Waals surface area (Å²) in [7, 11) is 0. The van der Waals surface area contributed by atoms with Gasteiger partial charge in [-0.25, -0.2) is 9.99 Å². The van der Waals surface area contributed by atoms with Gasteiger partial charge in [-0.1, -0.05) is 0 Å². The van der Waals surface area contributed by atoms with E-state index < -0.39 is 0 Å². The Bertz CT molecular complexity index is 607. The van der Waals surface area contributed by atoms with Gasteiger partial charge in [0.25, 0.3) is 5.91 Å². The molecule has 0 radical (unpaired) electrons. The number of aromatic nitrogens is 1. The maximum absolute atomic E-state index is 12.2. The minimum absolute atomic E-state index is 0.178. The minimum atomic E-state index is -0.178. The monoisotopic (exact) mass is 278 g/mol. The zero-order chi connectivity index (χ0) is 13.2. The number of fused-ring (bicyclic) bond motifs is 1. The highest BCUT2D eigenvalue weighted by Gasteiger charge is 2.20. The largest absolute Gasteiger partial charge is 0.397 e. The fourth-order valence-corrected chi connectivity index (χ4v) is 2.94. The molecule has 3 N–H and O–H groups in total. The van der Waals surface area contributed by atoms with E-state index in [1.807, 2.05) is 17.1 Å². The molecule has 1 aliphatic heterocycles. The van der Waals surface area contributed by atoms with Gasteiger partial charge in [-0.3, -0.25) is 10.2 Å². The Morgan fingerprint density at radius 1 is 1.47 bits per heavy atom. The van der Waals surface area contributed by atoms with Crippen LogP contribution < -0.4 is 11.2 Å². The second-order valence-electron chi connectivity index (χ2n) is 4.24. The summed E-state index contributed by atoms with van der Waals surface area (Å²) in [4.78, 5) is 17.7. The minimum Gasteiger partial charge on any atom is -0.397 e. The number of pyridine rings is 1. The summed E-state index contributed by atoms with van der Waals surface area (Å²) in [5, 5.41) is 2.68. The van der Waals surface area contributed by atoms with Crippen molar-refractivity contribution >= 4 is 33.1 Å². The van der Waals surface area contributed by atoms with E-state index in [4.69, 9.17) is 10.5 Å². The number of carbonyl (C=O) groups excluding carboxylic acids is 1. The van der Waals surface area contributed by atoms with E-state index in [0.29, 0.717) is 36.9 Å². The van der Waals surface area contributed by atoms with Crippen molar-refractivity contribution in [3.8, 4) is 0 Å². The van der Waals surface area contributed by atoms with E-state index in [-0.39, 0.29) is 5.91 Å². The molecule has 3 rings (SSSR count). The van der Waals surface area contributed by atoms with Crippen molar-refractivity contribution in [2.24, 2.45) is 0 Å². The molecule has 0 saturated carbocycles. The summed E-state index contributed by atoms with van der Waals surface area (Å²) in [6, 6.07) is 3.69. The highest BCUT2D eigenvalue weighted by atomic mass is 32.1. The number of hydrazine groups is 1. The van der Waals surface area contributed by atoms with Gasteiger partial charge >= 0.3 is 0 Å². The number of carbonyl (C=O) groups is 1. The molecular formula is C12H14N4O2S. The predicted molar refractivity (Wildman–Crippen MR) is 73.9 cm³/mol. The van der Waals surface area contributed by atoms with Crippen LogP contribution >= 0.6 is 11.3 Å². The second-order valence-corrected chi connectivity index (χ2v) is 5.24. The van der Waals surface area contributed by atoms with Crippen molar-refractivity contribution in [1.82, 2.24) is 15.4 Å². The number of rotatable bonds is 2. The predicted octanol–water partition coefficient (Wildman–Crippen LogP) is 0.855. The van der Waals surface area contributed by atoms with Gasteiger partial charge in [0.15, 0.2) is 0 Å². The number of amides is 1. The molecule has 0 aromatic carbocycles. The van der Waals surface area contributed by atoms with Gasteiger partial charge < -0.3 is 10.5 Å². The Morgan fingerprint density at radius 3 is 3.00 bits per heavy atom. The number of nitrogen functional groups attached to an aromatic ring is 1. The summed E-state index contributed by atoms with van der Waals surface area (Å²) in [5.74, 6) is -0.178. The van der Waals surface area contributed by atoms with Crippen LogP contribution in [0.25, 0.3) is 10.2 Å². The fraction of sp³-hybridized carbons (Fsp3) is 0.333. The SMILES string of the molecule is Nc1c(C(=O)NN2CCOCC2)sc2ncccc12. The van der Waals surface area contributed by atoms with E-state index in [2.05, 4.69) is 10.4 Å². The molecule has 2 aromatic heterocycles. The first-order valence-electron chi connectivity index (χ1n) is 6.02. The van der Waals surface area contributed by atoms with Gasteiger partial charge in [-0.15, -0.1) is 11.3 Å². The van der Waals surface area contributed by atoms with Gasteiger partial charge in [0.2, 0.25) is 0 Å². The van der Waals surface area contributed by atoms with Crippen LogP contribution in [0.3, 0.4) is 0 Å². The molecule has 1 aliphatic rings. The first-order chi connectivity index (χ1) is 9.25. The quantitative estimate of drug-likeness (QED) is 0.851. The van der Waals surface area contributed by atoms with Crippen molar-refractivity contribution in [3.63, 3.8) is 0 Å². The maximum atomic E-state index is 12.2. The maximum Gasteiger partial charge on any atom is 0.277 e. The number of morpholine rings is 1. The molecular weight excluding hydrogens is 264 g/mol. The van der Waals surface area contributed by atoms with E-state index in [1.54, 1.807) is 6.20 Å². The zero-order valence-electron chi connectivity index (χ0n) is 10.3. The Balaban J connectivity index is 1.83. The summed E-state index contributed by atoms with van der Waals surface area (Å²) in [6.07, 6.45) is 1.70. The van der Waals surface area contributed by atoms with Crippen LogP contribution in [0.2, 0.25) is 0 Å². The van der Waals surface area contributed by atoms with Crippen LogP contribution in [0, 0.1) is 0 Å². The lowest BCUT2D eigenvalue weighted by atomic mass is 10.2. The van der Waals surface area contributed by atoms with Crippen LogP contribution in [0.4, 0.5) is 5.69 Å². The third kappa shape index (κ3) is 2.40. The van der Waals surface area contributed by atoms with E-state index in [0.717, 1.165) is 10.2 Å². The molecule has 1 fully saturated rings. The van der Waals surface area contributed by atoms with Gasteiger partial charge in [-0.05, 0) is 12.1 Å². The number of hydrogen-bond acceptors (Lipinski definition) is 6. The van der Waals surface area contributed by atoms with Crippen LogP contribution in [0.15, 0.2) is 18.3 Å². The first-order valence-corrected chi connectivity index (χ1v) is 6.84. The third-order valence-electron chi connectivity index (χ3n) is 2.98. The first kappa shape index (κ1) is 12.3. The van der Waals surface area contributed by atoms with E-state index in [9.17, 15) is 4.79 Å². The van der Waals surface area contributed by atoms with Crippen molar-refractivity contribution in [3.05, 3.63) is 23.2 Å². The number of hydrogen-bond donors (Lipinski definition) is 2. The number of nitrogens with one attached hydrogen (secondary N) is 1. The number of nitrogens with two attached hydrogens (primary N) is 1. The van der Waals surface area contributed by atoms with E-state index in [1.165, 1.54) is 11.3 Å². The topological polar surface area (TPSA) is 80.5 Å². The summed E-state index contributed by atoms with van der Waals surface area (Å²) in [6.45, 7) is 2.64. The van der Waals surface area contributed by atoms with Crippen molar-refractivity contribution < 1.29 is 9.53 Å².